The van der Waals surface area contributed by atoms with Gasteiger partial charge in [-0.05, 0) is 33.6 Å². The summed E-state index contributed by atoms with van der Waals surface area (Å²) in [4.78, 5) is 0. The van der Waals surface area contributed by atoms with E-state index in [1.807, 2.05) is 0 Å². The Hall–Kier alpha value is -0.830. The van der Waals surface area contributed by atoms with Crippen molar-refractivity contribution in [2.45, 2.75) is 52.0 Å². The number of hydrogen-bond acceptors (Lipinski definition) is 2. The van der Waals surface area contributed by atoms with Crippen LogP contribution in [0.3, 0.4) is 0 Å². The Bertz CT molecular complexity index is 356. The summed E-state index contributed by atoms with van der Waals surface area (Å²) >= 11 is 0. The Morgan fingerprint density at radius 1 is 1.40 bits per heavy atom. The Morgan fingerprint density at radius 2 is 2.07 bits per heavy atom. The van der Waals surface area contributed by atoms with Crippen LogP contribution in [-0.2, 0) is 12.0 Å². The van der Waals surface area contributed by atoms with Crippen molar-refractivity contribution in [2.75, 3.05) is 6.54 Å². The summed E-state index contributed by atoms with van der Waals surface area (Å²) in [5.74, 6) is 0. The highest BCUT2D eigenvalue weighted by Gasteiger charge is 2.41. The van der Waals surface area contributed by atoms with Crippen molar-refractivity contribution < 1.29 is 0 Å². The van der Waals surface area contributed by atoms with Gasteiger partial charge in [0.05, 0.1) is 5.69 Å². The highest BCUT2D eigenvalue weighted by atomic mass is 15.3. The highest BCUT2D eigenvalue weighted by molar-refractivity contribution is 5.36. The first-order valence-electron chi connectivity index (χ1n) is 5.89. The van der Waals surface area contributed by atoms with Gasteiger partial charge in [-0.3, -0.25) is 4.68 Å². The second-order valence-corrected chi connectivity index (χ2v) is 4.70. The van der Waals surface area contributed by atoms with Gasteiger partial charge in [-0.2, -0.15) is 5.10 Å². The molecule has 1 heterocycles. The van der Waals surface area contributed by atoms with Gasteiger partial charge in [0.1, 0.15) is 0 Å². The molecule has 1 fully saturated rings. The standard InChI is InChI=1S/C12H21N3/c1-4-15-10(3)11(9(2)14-15)12(8-13)6-5-7-12/h4-8,13H2,1-3H3. The number of hydrogen-bond donors (Lipinski definition) is 1. The molecule has 15 heavy (non-hydrogen) atoms. The fourth-order valence-corrected chi connectivity index (χ4v) is 2.93. The average molecular weight is 207 g/mol. The molecule has 1 aliphatic carbocycles. The van der Waals surface area contributed by atoms with E-state index in [9.17, 15) is 0 Å². The molecular formula is C12H21N3. The van der Waals surface area contributed by atoms with E-state index in [1.165, 1.54) is 36.2 Å². The molecular weight excluding hydrogens is 186 g/mol. The van der Waals surface area contributed by atoms with Gasteiger partial charge in [0.25, 0.3) is 0 Å². The van der Waals surface area contributed by atoms with Crippen LogP contribution in [0.1, 0.15) is 43.1 Å². The first-order valence-corrected chi connectivity index (χ1v) is 5.89. The molecule has 0 saturated heterocycles. The maximum atomic E-state index is 5.95. The first kappa shape index (κ1) is 10.7. The number of rotatable bonds is 3. The van der Waals surface area contributed by atoms with Crippen LogP contribution >= 0.6 is 0 Å². The zero-order valence-corrected chi connectivity index (χ0v) is 10.0. The molecule has 0 aliphatic heterocycles. The topological polar surface area (TPSA) is 43.8 Å². The van der Waals surface area contributed by atoms with Crippen LogP contribution in [0, 0.1) is 13.8 Å². The van der Waals surface area contributed by atoms with Crippen molar-refractivity contribution in [1.82, 2.24) is 9.78 Å². The molecule has 2 N–H and O–H groups in total. The number of aryl methyl sites for hydroxylation is 2. The second kappa shape index (κ2) is 3.63. The van der Waals surface area contributed by atoms with Crippen LogP contribution in [0.25, 0.3) is 0 Å². The maximum absolute atomic E-state index is 5.95. The quantitative estimate of drug-likeness (QED) is 0.822. The minimum atomic E-state index is 0.252. The molecule has 0 amide bonds. The summed E-state index contributed by atoms with van der Waals surface area (Å²) in [6.07, 6.45) is 3.79. The molecule has 0 radical (unpaired) electrons. The van der Waals surface area contributed by atoms with E-state index in [4.69, 9.17) is 5.73 Å². The second-order valence-electron chi connectivity index (χ2n) is 4.70. The highest BCUT2D eigenvalue weighted by Crippen LogP contribution is 2.45. The zero-order chi connectivity index (χ0) is 11.1. The lowest BCUT2D eigenvalue weighted by molar-refractivity contribution is 0.250. The third kappa shape index (κ3) is 1.41. The Balaban J connectivity index is 2.47. The molecule has 0 spiro atoms. The maximum Gasteiger partial charge on any atom is 0.0634 e. The van der Waals surface area contributed by atoms with E-state index in [2.05, 4.69) is 30.6 Å². The molecule has 84 valence electrons. The minimum absolute atomic E-state index is 0.252. The van der Waals surface area contributed by atoms with E-state index >= 15 is 0 Å². The van der Waals surface area contributed by atoms with Gasteiger partial charge in [-0.25, -0.2) is 0 Å². The predicted molar refractivity (Wildman–Crippen MR) is 62.0 cm³/mol. The number of nitrogens with two attached hydrogens (primary N) is 1. The SMILES string of the molecule is CCn1nc(C)c(C2(CN)CCC2)c1C. The molecule has 1 aliphatic rings. The van der Waals surface area contributed by atoms with Gasteiger partial charge in [0.15, 0.2) is 0 Å². The summed E-state index contributed by atoms with van der Waals surface area (Å²) in [5, 5.41) is 4.59. The largest absolute Gasteiger partial charge is 0.330 e. The van der Waals surface area contributed by atoms with Crippen molar-refractivity contribution in [3.8, 4) is 0 Å². The lowest BCUT2D eigenvalue weighted by atomic mass is 9.64. The molecule has 3 nitrogen and oxygen atoms in total. The average Bonchev–Trinajstić information content (AvgIpc) is 2.44. The Labute approximate surface area is 91.7 Å². The smallest absolute Gasteiger partial charge is 0.0634 e. The van der Waals surface area contributed by atoms with Crippen LogP contribution < -0.4 is 5.73 Å². The molecule has 1 aromatic rings. The van der Waals surface area contributed by atoms with Crippen molar-refractivity contribution in [1.29, 1.82) is 0 Å². The van der Waals surface area contributed by atoms with Gasteiger partial charge >= 0.3 is 0 Å². The van der Waals surface area contributed by atoms with Crippen LogP contribution in [0.2, 0.25) is 0 Å². The van der Waals surface area contributed by atoms with Gasteiger partial charge in [0.2, 0.25) is 0 Å². The lowest BCUT2D eigenvalue weighted by Gasteiger charge is -2.41. The van der Waals surface area contributed by atoms with Gasteiger partial charge in [-0.1, -0.05) is 6.42 Å². The normalized spacial score (nSPS) is 18.9. The number of nitrogens with zero attached hydrogens (tertiary/aromatic N) is 2. The van der Waals surface area contributed by atoms with Crippen LogP contribution in [0.4, 0.5) is 0 Å². The van der Waals surface area contributed by atoms with Gasteiger partial charge in [-0.15, -0.1) is 0 Å². The molecule has 0 unspecified atom stereocenters. The van der Waals surface area contributed by atoms with Crippen LogP contribution in [0.15, 0.2) is 0 Å². The minimum Gasteiger partial charge on any atom is -0.330 e. The third-order valence-corrected chi connectivity index (χ3v) is 3.91. The molecule has 1 aromatic heterocycles. The Kier molecular flexibility index (Phi) is 2.59. The third-order valence-electron chi connectivity index (χ3n) is 3.91. The predicted octanol–water partition coefficient (Wildman–Crippen LogP) is 1.90. The first-order chi connectivity index (χ1) is 7.14. The van der Waals surface area contributed by atoms with Crippen molar-refractivity contribution in [2.24, 2.45) is 5.73 Å². The van der Waals surface area contributed by atoms with Crippen LogP contribution in [0.5, 0.6) is 0 Å². The molecule has 2 rings (SSSR count). The number of aromatic nitrogens is 2. The summed E-state index contributed by atoms with van der Waals surface area (Å²) in [5.41, 5.74) is 10.1. The van der Waals surface area contributed by atoms with E-state index in [0.717, 1.165) is 13.1 Å². The van der Waals surface area contributed by atoms with E-state index in [-0.39, 0.29) is 5.41 Å². The molecule has 1 saturated carbocycles. The molecule has 0 bridgehead atoms. The summed E-state index contributed by atoms with van der Waals surface area (Å²) in [6.45, 7) is 8.15. The molecule has 0 aromatic carbocycles. The summed E-state index contributed by atoms with van der Waals surface area (Å²) in [7, 11) is 0. The fraction of sp³-hybridized carbons (Fsp3) is 0.750. The Morgan fingerprint density at radius 3 is 2.40 bits per heavy atom. The van der Waals surface area contributed by atoms with Gasteiger partial charge < -0.3 is 5.73 Å². The summed E-state index contributed by atoms with van der Waals surface area (Å²) < 4.78 is 2.10. The lowest BCUT2D eigenvalue weighted by Crippen LogP contribution is -2.42. The van der Waals surface area contributed by atoms with E-state index < -0.39 is 0 Å². The van der Waals surface area contributed by atoms with E-state index in [1.54, 1.807) is 0 Å². The summed E-state index contributed by atoms with van der Waals surface area (Å²) in [6, 6.07) is 0. The van der Waals surface area contributed by atoms with Gasteiger partial charge in [0, 0.05) is 29.8 Å². The van der Waals surface area contributed by atoms with Crippen molar-refractivity contribution in [3.63, 3.8) is 0 Å². The molecule has 0 atom stereocenters. The fourth-order valence-electron chi connectivity index (χ4n) is 2.93. The van der Waals surface area contributed by atoms with Crippen molar-refractivity contribution >= 4 is 0 Å². The zero-order valence-electron chi connectivity index (χ0n) is 10.0. The van der Waals surface area contributed by atoms with Crippen molar-refractivity contribution in [3.05, 3.63) is 17.0 Å². The van der Waals surface area contributed by atoms with E-state index in [0.29, 0.717) is 0 Å². The van der Waals surface area contributed by atoms with Crippen LogP contribution in [-0.4, -0.2) is 16.3 Å². The molecule has 3 heteroatoms. The monoisotopic (exact) mass is 207 g/mol.